The van der Waals surface area contributed by atoms with Gasteiger partial charge in [0, 0.05) is 18.5 Å². The Hall–Kier alpha value is -2.14. The fourth-order valence-corrected chi connectivity index (χ4v) is 2.71. The van der Waals surface area contributed by atoms with E-state index in [-0.39, 0.29) is 5.91 Å². The molecule has 1 unspecified atom stereocenters. The molecule has 0 bridgehead atoms. The van der Waals surface area contributed by atoms with Crippen LogP contribution in [0.25, 0.3) is 0 Å². The summed E-state index contributed by atoms with van der Waals surface area (Å²) in [4.78, 5) is 15.4. The quantitative estimate of drug-likeness (QED) is 0.715. The van der Waals surface area contributed by atoms with E-state index in [1.165, 1.54) is 4.90 Å². The van der Waals surface area contributed by atoms with E-state index in [0.717, 1.165) is 11.3 Å². The van der Waals surface area contributed by atoms with Crippen LogP contribution in [0.5, 0.6) is 11.5 Å². The molecule has 24 heavy (non-hydrogen) atoms. The molecule has 0 spiro atoms. The summed E-state index contributed by atoms with van der Waals surface area (Å²) in [6.45, 7) is 2.32. The minimum absolute atomic E-state index is 0.0558. The number of hydrogen-bond acceptors (Lipinski definition) is 4. The predicted molar refractivity (Wildman–Crippen MR) is 97.8 cm³/mol. The molecule has 0 saturated heterocycles. The molecule has 0 aromatic heterocycles. The number of carbonyl (C=O) groups is 1. The number of rotatable bonds is 7. The maximum absolute atomic E-state index is 12.5. The highest BCUT2D eigenvalue weighted by Gasteiger charge is 2.19. The van der Waals surface area contributed by atoms with Crippen LogP contribution >= 0.6 is 11.8 Å². The minimum Gasteiger partial charge on any atom is -0.497 e. The number of likely N-dealkylation sites (N-methyl/N-ethyl adjacent to an activating group) is 1. The molecule has 0 aliphatic rings. The normalized spacial score (nSPS) is 11.7. The third-order valence-corrected chi connectivity index (χ3v) is 4.42. The van der Waals surface area contributed by atoms with E-state index >= 15 is 0 Å². The summed E-state index contributed by atoms with van der Waals surface area (Å²) in [5.74, 6) is 1.35. The van der Waals surface area contributed by atoms with Gasteiger partial charge in [0.1, 0.15) is 11.5 Å². The molecule has 1 atom stereocenters. The van der Waals surface area contributed by atoms with Gasteiger partial charge in [0.25, 0.3) is 5.91 Å². The summed E-state index contributed by atoms with van der Waals surface area (Å²) in [5, 5.41) is 0. The van der Waals surface area contributed by atoms with Gasteiger partial charge in [0.05, 0.1) is 7.11 Å². The van der Waals surface area contributed by atoms with Crippen molar-refractivity contribution in [2.45, 2.75) is 24.5 Å². The average molecular weight is 345 g/mol. The van der Waals surface area contributed by atoms with E-state index in [1.807, 2.05) is 30.5 Å². The van der Waals surface area contributed by atoms with E-state index in [4.69, 9.17) is 9.47 Å². The molecule has 0 aliphatic heterocycles. The highest BCUT2D eigenvalue weighted by molar-refractivity contribution is 7.98. The molecule has 128 valence electrons. The topological polar surface area (TPSA) is 38.8 Å². The zero-order valence-corrected chi connectivity index (χ0v) is 15.3. The Morgan fingerprint density at radius 3 is 2.21 bits per heavy atom. The number of thioether (sulfide) groups is 1. The SMILES string of the molecule is COc1ccc(OC(C)C(=O)N(C)Cc2ccc(SC)cc2)cc1. The summed E-state index contributed by atoms with van der Waals surface area (Å²) in [7, 11) is 3.40. The monoisotopic (exact) mass is 345 g/mol. The molecule has 0 aliphatic carbocycles. The molecule has 0 saturated carbocycles. The van der Waals surface area contributed by atoms with Gasteiger partial charge in [-0.15, -0.1) is 11.8 Å². The largest absolute Gasteiger partial charge is 0.497 e. The van der Waals surface area contributed by atoms with E-state index in [2.05, 4.69) is 12.1 Å². The Balaban J connectivity index is 1.92. The van der Waals surface area contributed by atoms with Crippen LogP contribution in [0.4, 0.5) is 0 Å². The number of amides is 1. The van der Waals surface area contributed by atoms with Crippen LogP contribution in [0.1, 0.15) is 12.5 Å². The lowest BCUT2D eigenvalue weighted by Crippen LogP contribution is -2.37. The van der Waals surface area contributed by atoms with Crippen molar-refractivity contribution in [1.82, 2.24) is 4.90 Å². The van der Waals surface area contributed by atoms with Gasteiger partial charge in [-0.1, -0.05) is 12.1 Å². The van der Waals surface area contributed by atoms with Gasteiger partial charge in [0.2, 0.25) is 0 Å². The van der Waals surface area contributed by atoms with Crippen LogP contribution in [-0.2, 0) is 11.3 Å². The van der Waals surface area contributed by atoms with Crippen LogP contribution < -0.4 is 9.47 Å². The van der Waals surface area contributed by atoms with Gasteiger partial charge in [0.15, 0.2) is 6.10 Å². The highest BCUT2D eigenvalue weighted by Crippen LogP contribution is 2.19. The van der Waals surface area contributed by atoms with Gasteiger partial charge in [-0.05, 0) is 55.1 Å². The van der Waals surface area contributed by atoms with Crippen molar-refractivity contribution in [3.8, 4) is 11.5 Å². The first-order valence-corrected chi connectivity index (χ1v) is 8.94. The average Bonchev–Trinajstić information content (AvgIpc) is 2.62. The van der Waals surface area contributed by atoms with E-state index in [9.17, 15) is 4.79 Å². The molecule has 0 radical (unpaired) electrons. The molecule has 0 heterocycles. The minimum atomic E-state index is -0.547. The Bertz CT molecular complexity index is 598. The van der Waals surface area contributed by atoms with Gasteiger partial charge < -0.3 is 14.4 Å². The van der Waals surface area contributed by atoms with Crippen molar-refractivity contribution >= 4 is 17.7 Å². The first-order valence-electron chi connectivity index (χ1n) is 7.72. The zero-order chi connectivity index (χ0) is 17.5. The first-order chi connectivity index (χ1) is 11.5. The number of nitrogens with zero attached hydrogens (tertiary/aromatic N) is 1. The lowest BCUT2D eigenvalue weighted by Gasteiger charge is -2.22. The number of methoxy groups -OCH3 is 1. The Labute approximate surface area is 147 Å². The van der Waals surface area contributed by atoms with Crippen LogP contribution in [0.2, 0.25) is 0 Å². The highest BCUT2D eigenvalue weighted by atomic mass is 32.2. The van der Waals surface area contributed by atoms with Crippen LogP contribution in [-0.4, -0.2) is 37.3 Å². The molecular weight excluding hydrogens is 322 g/mol. The molecule has 2 aromatic rings. The summed E-state index contributed by atoms with van der Waals surface area (Å²) < 4.78 is 10.8. The maximum Gasteiger partial charge on any atom is 0.263 e. The van der Waals surface area contributed by atoms with Gasteiger partial charge in [-0.25, -0.2) is 0 Å². The number of hydrogen-bond donors (Lipinski definition) is 0. The van der Waals surface area contributed by atoms with Gasteiger partial charge in [-0.2, -0.15) is 0 Å². The Morgan fingerprint density at radius 1 is 1.08 bits per heavy atom. The van der Waals surface area contributed by atoms with Crippen molar-refractivity contribution in [2.75, 3.05) is 20.4 Å². The molecule has 1 amide bonds. The Morgan fingerprint density at radius 2 is 1.67 bits per heavy atom. The molecule has 2 rings (SSSR count). The third-order valence-electron chi connectivity index (χ3n) is 3.68. The third kappa shape index (κ3) is 4.93. The lowest BCUT2D eigenvalue weighted by atomic mass is 10.2. The van der Waals surface area contributed by atoms with Crippen molar-refractivity contribution in [3.63, 3.8) is 0 Å². The van der Waals surface area contributed by atoms with Crippen LogP contribution in [0, 0.1) is 0 Å². The van der Waals surface area contributed by atoms with E-state index in [0.29, 0.717) is 12.3 Å². The van der Waals surface area contributed by atoms with Crippen molar-refractivity contribution < 1.29 is 14.3 Å². The first kappa shape index (κ1) is 18.2. The fourth-order valence-electron chi connectivity index (χ4n) is 2.30. The second-order valence-corrected chi connectivity index (χ2v) is 6.36. The summed E-state index contributed by atoms with van der Waals surface area (Å²) in [5.41, 5.74) is 1.10. The molecule has 2 aromatic carbocycles. The Kier molecular flexibility index (Phi) is 6.55. The number of ether oxygens (including phenoxy) is 2. The maximum atomic E-state index is 12.5. The zero-order valence-electron chi connectivity index (χ0n) is 14.5. The smallest absolute Gasteiger partial charge is 0.263 e. The predicted octanol–water partition coefficient (Wildman–Crippen LogP) is 3.84. The molecule has 4 nitrogen and oxygen atoms in total. The van der Waals surface area contributed by atoms with Crippen molar-refractivity contribution in [3.05, 3.63) is 54.1 Å². The molecule has 5 heteroatoms. The number of carbonyl (C=O) groups excluding carboxylic acids is 1. The standard InChI is InChI=1S/C19H23NO3S/c1-14(23-17-9-7-16(22-3)8-10-17)19(21)20(2)13-15-5-11-18(24-4)12-6-15/h5-12,14H,13H2,1-4H3. The van der Waals surface area contributed by atoms with Crippen molar-refractivity contribution in [2.24, 2.45) is 0 Å². The van der Waals surface area contributed by atoms with Gasteiger partial charge >= 0.3 is 0 Å². The van der Waals surface area contributed by atoms with Crippen molar-refractivity contribution in [1.29, 1.82) is 0 Å². The van der Waals surface area contributed by atoms with Crippen LogP contribution in [0.15, 0.2) is 53.4 Å². The summed E-state index contributed by atoms with van der Waals surface area (Å²) >= 11 is 1.70. The van der Waals surface area contributed by atoms with E-state index in [1.54, 1.807) is 49.9 Å². The number of benzene rings is 2. The molecule has 0 fully saturated rings. The molecular formula is C19H23NO3S. The fraction of sp³-hybridized carbons (Fsp3) is 0.316. The molecule has 0 N–H and O–H groups in total. The second kappa shape index (κ2) is 8.64. The van der Waals surface area contributed by atoms with Gasteiger partial charge in [-0.3, -0.25) is 4.79 Å². The summed E-state index contributed by atoms with van der Waals surface area (Å²) in [6.07, 6.45) is 1.50. The lowest BCUT2D eigenvalue weighted by molar-refractivity contribution is -0.137. The second-order valence-electron chi connectivity index (χ2n) is 5.48. The van der Waals surface area contributed by atoms with E-state index < -0.39 is 6.10 Å². The summed E-state index contributed by atoms with van der Waals surface area (Å²) in [6, 6.07) is 15.4. The van der Waals surface area contributed by atoms with Crippen LogP contribution in [0.3, 0.4) is 0 Å².